The van der Waals surface area contributed by atoms with Crippen LogP contribution in [-0.4, -0.2) is 90.3 Å². The fourth-order valence-corrected chi connectivity index (χ4v) is 10.9. The summed E-state index contributed by atoms with van der Waals surface area (Å²) in [5.74, 6) is -0.788. The summed E-state index contributed by atoms with van der Waals surface area (Å²) in [6.45, 7) is 6.38. The SMILES string of the molecule is CCCOc1cc2c(Cl)cccc2c(O[C@@H]2C[C@H]3C(=O)N[C@]4(C(=O)NS(=O)(=O)C5CC5)CC4/C=C\CC[C@@H](C)C[C@@H](C)[C@H](NC(=O)OC4CC5C[C@H]5C4)C(=O)N3C2)n1. The highest BCUT2D eigenvalue weighted by Crippen LogP contribution is 2.52. The van der Waals surface area contributed by atoms with Gasteiger partial charge in [0, 0.05) is 34.2 Å². The molecular weight excluding hydrogens is 786 g/mol. The van der Waals surface area contributed by atoms with Crippen LogP contribution in [-0.2, 0) is 29.1 Å². The van der Waals surface area contributed by atoms with E-state index in [1.807, 2.05) is 32.1 Å². The molecule has 14 nitrogen and oxygen atoms in total. The maximum absolute atomic E-state index is 15.0. The third kappa shape index (κ3) is 8.62. The molecule has 6 aliphatic rings. The minimum absolute atomic E-state index is 0.0206. The highest BCUT2D eigenvalue weighted by Gasteiger charge is 2.62. The van der Waals surface area contributed by atoms with Crippen LogP contribution in [0, 0.1) is 29.6 Å². The zero-order chi connectivity index (χ0) is 40.9. The number of halogens is 1. The van der Waals surface area contributed by atoms with E-state index in [-0.39, 0.29) is 43.2 Å². The number of allylic oxidation sites excluding steroid dienone is 1. The van der Waals surface area contributed by atoms with Crippen LogP contribution in [0.4, 0.5) is 4.79 Å². The van der Waals surface area contributed by atoms with E-state index >= 15 is 0 Å². The molecule has 1 saturated heterocycles. The molecule has 314 valence electrons. The Hall–Kier alpha value is -4.11. The van der Waals surface area contributed by atoms with Crippen LogP contribution in [0.1, 0.15) is 91.4 Å². The second-order valence-electron chi connectivity index (χ2n) is 17.6. The molecule has 8 rings (SSSR count). The Bertz CT molecular complexity index is 2090. The molecule has 3 N–H and O–H groups in total. The lowest BCUT2D eigenvalue weighted by atomic mass is 9.88. The highest BCUT2D eigenvalue weighted by molar-refractivity contribution is 7.91. The molecule has 0 radical (unpaired) electrons. The van der Waals surface area contributed by atoms with Gasteiger partial charge in [-0.05, 0) is 100 Å². The summed E-state index contributed by atoms with van der Waals surface area (Å²) < 4.78 is 46.4. The van der Waals surface area contributed by atoms with E-state index in [1.165, 1.54) is 11.3 Å². The Balaban J connectivity index is 1.11. The van der Waals surface area contributed by atoms with Gasteiger partial charge in [0.1, 0.15) is 29.8 Å². The lowest BCUT2D eigenvalue weighted by Crippen LogP contribution is -2.59. The van der Waals surface area contributed by atoms with Crippen molar-refractivity contribution in [1.82, 2.24) is 25.2 Å². The highest BCUT2D eigenvalue weighted by atomic mass is 35.5. The van der Waals surface area contributed by atoms with Crippen molar-refractivity contribution in [2.75, 3.05) is 13.2 Å². The van der Waals surface area contributed by atoms with E-state index in [0.29, 0.717) is 65.8 Å². The number of amides is 4. The first-order valence-corrected chi connectivity index (χ1v) is 22.9. The van der Waals surface area contributed by atoms with Crippen molar-refractivity contribution in [3.8, 4) is 11.8 Å². The average molecular weight is 840 g/mol. The number of rotatable bonds is 10. The number of carbonyl (C=O) groups excluding carboxylic acids is 4. The zero-order valence-corrected chi connectivity index (χ0v) is 34.9. The number of fused-ring (bicyclic) bond motifs is 4. The number of nitrogens with one attached hydrogen (secondary N) is 3. The molecule has 4 aliphatic carbocycles. The van der Waals surface area contributed by atoms with Gasteiger partial charge in [-0.2, -0.15) is 4.98 Å². The van der Waals surface area contributed by atoms with Gasteiger partial charge < -0.3 is 29.7 Å². The van der Waals surface area contributed by atoms with Crippen LogP contribution in [0.3, 0.4) is 0 Å². The Morgan fingerprint density at radius 2 is 1.81 bits per heavy atom. The lowest BCUT2D eigenvalue weighted by Gasteiger charge is -2.33. The van der Waals surface area contributed by atoms with Gasteiger partial charge in [-0.1, -0.05) is 50.6 Å². The van der Waals surface area contributed by atoms with Gasteiger partial charge in [-0.25, -0.2) is 13.2 Å². The van der Waals surface area contributed by atoms with Crippen LogP contribution in [0.15, 0.2) is 36.4 Å². The smallest absolute Gasteiger partial charge is 0.408 e. The molecule has 16 heteroatoms. The molecule has 3 unspecified atom stereocenters. The summed E-state index contributed by atoms with van der Waals surface area (Å²) in [5.41, 5.74) is -1.52. The number of aromatic nitrogens is 1. The fraction of sp³-hybridized carbons (Fsp3) is 0.643. The Kier molecular flexibility index (Phi) is 11.3. The normalized spacial score (nSPS) is 34.0. The van der Waals surface area contributed by atoms with Gasteiger partial charge >= 0.3 is 6.09 Å². The van der Waals surface area contributed by atoms with Gasteiger partial charge in [0.2, 0.25) is 33.6 Å². The van der Waals surface area contributed by atoms with Gasteiger partial charge in [0.25, 0.3) is 5.91 Å². The molecule has 10 atom stereocenters. The largest absolute Gasteiger partial charge is 0.478 e. The number of carbonyl (C=O) groups is 4. The molecule has 4 saturated carbocycles. The molecule has 4 amide bonds. The summed E-state index contributed by atoms with van der Waals surface area (Å²) in [5, 5.41) is 6.94. The summed E-state index contributed by atoms with van der Waals surface area (Å²) in [7, 11) is -3.91. The molecule has 2 aromatic rings. The maximum Gasteiger partial charge on any atom is 0.408 e. The second-order valence-corrected chi connectivity index (χ2v) is 19.9. The predicted octanol–water partition coefficient (Wildman–Crippen LogP) is 5.41. The molecule has 0 bridgehead atoms. The Labute approximate surface area is 344 Å². The number of benzene rings is 1. The number of sulfonamides is 1. The monoisotopic (exact) mass is 839 g/mol. The average Bonchev–Trinajstić information content (AvgIpc) is 4.14. The first kappa shape index (κ1) is 40.7. The van der Waals surface area contributed by atoms with Gasteiger partial charge in [-0.15, -0.1) is 0 Å². The van der Waals surface area contributed by atoms with Gasteiger partial charge in [0.15, 0.2) is 0 Å². The Morgan fingerprint density at radius 1 is 1.03 bits per heavy atom. The van der Waals surface area contributed by atoms with Crippen LogP contribution < -0.4 is 24.8 Å². The van der Waals surface area contributed by atoms with Crippen LogP contribution in [0.2, 0.25) is 5.02 Å². The number of hydrogen-bond acceptors (Lipinski definition) is 10. The molecule has 1 aromatic carbocycles. The first-order chi connectivity index (χ1) is 27.7. The first-order valence-electron chi connectivity index (χ1n) is 21.0. The quantitative estimate of drug-likeness (QED) is 0.262. The number of hydrogen-bond donors (Lipinski definition) is 3. The number of alkyl carbamates (subject to hydrolysis) is 1. The van der Waals surface area contributed by atoms with E-state index in [9.17, 15) is 27.6 Å². The maximum atomic E-state index is 15.0. The molecule has 58 heavy (non-hydrogen) atoms. The lowest BCUT2D eigenvalue weighted by molar-refractivity contribution is -0.142. The molecule has 5 fully saturated rings. The van der Waals surface area contributed by atoms with Crippen LogP contribution in [0.25, 0.3) is 10.8 Å². The zero-order valence-electron chi connectivity index (χ0n) is 33.3. The Morgan fingerprint density at radius 3 is 2.55 bits per heavy atom. The number of pyridine rings is 1. The standard InChI is InChI=1S/C42H54ClN5O9S/c1-4-14-55-35-20-32-31(10-7-11-33(32)43)38(44-35)56-29-19-34-37(49)46-42(40(51)47-58(53,54)30-12-13-30)21-27(42)9-6-5-8-23(2)15-24(3)36(39(50)48(34)22-29)45-41(52)57-28-17-25-16-26(25)18-28/h6-7,9-11,20,23-30,34,36H,4-5,8,12-19,21-22H2,1-3H3,(H,45,52)(H,46,49)(H,47,51)/b9-6-/t23-,24-,25+,26?,27?,28?,29-,34+,36+,42-/m1/s1. The van der Waals surface area contributed by atoms with Crippen molar-refractivity contribution < 1.29 is 41.8 Å². The minimum Gasteiger partial charge on any atom is -0.478 e. The van der Waals surface area contributed by atoms with Crippen molar-refractivity contribution in [2.45, 2.75) is 126 Å². The molecule has 0 spiro atoms. The third-order valence-electron chi connectivity index (χ3n) is 12.9. The van der Waals surface area contributed by atoms with Gasteiger partial charge in [-0.3, -0.25) is 19.1 Å². The van der Waals surface area contributed by atoms with E-state index in [2.05, 4.69) is 27.3 Å². The molecule has 3 heterocycles. The van der Waals surface area contributed by atoms with E-state index in [1.54, 1.807) is 18.2 Å². The van der Waals surface area contributed by atoms with Crippen LogP contribution in [0.5, 0.6) is 11.8 Å². The fourth-order valence-electron chi connectivity index (χ4n) is 9.28. The van der Waals surface area contributed by atoms with Gasteiger partial charge in [0.05, 0.1) is 18.4 Å². The minimum atomic E-state index is -3.91. The van der Waals surface area contributed by atoms with E-state index in [4.69, 9.17) is 25.8 Å². The number of ether oxygens (including phenoxy) is 3. The van der Waals surface area contributed by atoms with Crippen molar-refractivity contribution in [3.63, 3.8) is 0 Å². The second kappa shape index (κ2) is 16.2. The molecule has 1 aromatic heterocycles. The van der Waals surface area contributed by atoms with Crippen molar-refractivity contribution >= 4 is 56.2 Å². The molecular formula is C42H54ClN5O9S. The van der Waals surface area contributed by atoms with Crippen molar-refractivity contribution in [2.24, 2.45) is 29.6 Å². The summed E-state index contributed by atoms with van der Waals surface area (Å²) in [4.78, 5) is 63.0. The topological polar surface area (TPSA) is 182 Å². The summed E-state index contributed by atoms with van der Waals surface area (Å²) in [6.07, 6.45) is 9.03. The van der Waals surface area contributed by atoms with Crippen molar-refractivity contribution in [1.29, 1.82) is 0 Å². The molecule has 2 aliphatic heterocycles. The van der Waals surface area contributed by atoms with E-state index < -0.39 is 68.7 Å². The summed E-state index contributed by atoms with van der Waals surface area (Å²) >= 11 is 6.61. The van der Waals surface area contributed by atoms with E-state index in [0.717, 1.165) is 25.7 Å². The summed E-state index contributed by atoms with van der Waals surface area (Å²) in [6, 6.07) is 4.93. The number of nitrogens with zero attached hydrogens (tertiary/aromatic N) is 2. The van der Waals surface area contributed by atoms with Crippen molar-refractivity contribution in [3.05, 3.63) is 41.4 Å². The predicted molar refractivity (Wildman–Crippen MR) is 215 cm³/mol. The third-order valence-corrected chi connectivity index (χ3v) is 15.0. The van der Waals surface area contributed by atoms with Crippen LogP contribution >= 0.6 is 11.6 Å².